The van der Waals surface area contributed by atoms with Gasteiger partial charge in [-0.05, 0) is 18.9 Å². The third kappa shape index (κ3) is 4.70. The van der Waals surface area contributed by atoms with Gasteiger partial charge in [0.05, 0.1) is 12.4 Å². The lowest BCUT2D eigenvalue weighted by Crippen LogP contribution is -2.26. The fraction of sp³-hybridized carbons (Fsp3) is 0.545. The molecule has 0 aromatic carbocycles. The molecule has 17 heavy (non-hydrogen) atoms. The maximum Gasteiger partial charge on any atom is 0.199 e. The van der Waals surface area contributed by atoms with Crippen molar-refractivity contribution >= 4 is 9.84 Å². The second-order valence-electron chi connectivity index (χ2n) is 3.84. The molecule has 0 unspecified atom stereocenters. The second-order valence-corrected chi connectivity index (χ2v) is 5.95. The first-order chi connectivity index (χ1) is 8.06. The van der Waals surface area contributed by atoms with Crippen molar-refractivity contribution in [3.05, 3.63) is 29.7 Å². The highest BCUT2D eigenvalue weighted by molar-refractivity contribution is 7.91. The highest BCUT2D eigenvalue weighted by atomic mass is 32.2. The van der Waals surface area contributed by atoms with Crippen LogP contribution < -0.4 is 4.73 Å². The monoisotopic (exact) mass is 258 g/mol. The average molecular weight is 258 g/mol. The maximum absolute atomic E-state index is 11.8. The second kappa shape index (κ2) is 6.56. The predicted octanol–water partition coefficient (Wildman–Crippen LogP) is 1.08. The molecule has 1 rings (SSSR count). The molecule has 0 aliphatic rings. The molecule has 0 amide bonds. The van der Waals surface area contributed by atoms with Crippen LogP contribution >= 0.6 is 0 Å². The van der Waals surface area contributed by atoms with Gasteiger partial charge in [0.1, 0.15) is 4.90 Å². The van der Waals surface area contributed by atoms with Gasteiger partial charge >= 0.3 is 0 Å². The van der Waals surface area contributed by atoms with E-state index in [2.05, 4.69) is 0 Å². The van der Waals surface area contributed by atoms with E-state index < -0.39 is 9.84 Å². The number of rotatable bonds is 7. The molecule has 95 valence electrons. The molecular formula is C11H16NO4S. The quantitative estimate of drug-likeness (QED) is 0.417. The first-order valence-electron chi connectivity index (χ1n) is 5.56. The van der Waals surface area contributed by atoms with Crippen LogP contribution in [0.15, 0.2) is 29.4 Å². The highest BCUT2D eigenvalue weighted by Gasteiger charge is 2.16. The maximum atomic E-state index is 11.8. The van der Waals surface area contributed by atoms with Crippen LogP contribution in [0.3, 0.4) is 0 Å². The third-order valence-electron chi connectivity index (χ3n) is 2.41. The smallest absolute Gasteiger partial charge is 0.199 e. The van der Waals surface area contributed by atoms with E-state index in [0.29, 0.717) is 17.6 Å². The molecule has 1 radical (unpaired) electrons. The van der Waals surface area contributed by atoms with E-state index in [1.807, 2.05) is 0 Å². The number of nitrogens with zero attached hydrogens (tertiary/aromatic N) is 1. The molecule has 0 N–H and O–H groups in total. The summed E-state index contributed by atoms with van der Waals surface area (Å²) in [6.45, 7) is -0.110. The molecule has 0 spiro atoms. The third-order valence-corrected chi connectivity index (χ3v) is 4.20. The van der Waals surface area contributed by atoms with Crippen LogP contribution in [-0.2, 0) is 14.9 Å². The Kier molecular flexibility index (Phi) is 5.37. The summed E-state index contributed by atoms with van der Waals surface area (Å²) in [5.74, 6) is 0.0237. The molecule has 0 aliphatic carbocycles. The summed E-state index contributed by atoms with van der Waals surface area (Å²) < 4.78 is 24.1. The zero-order valence-electron chi connectivity index (χ0n) is 9.54. The van der Waals surface area contributed by atoms with Crippen LogP contribution in [0.2, 0.25) is 0 Å². The van der Waals surface area contributed by atoms with Crippen molar-refractivity contribution in [1.29, 1.82) is 0 Å². The normalized spacial score (nSPS) is 11.6. The Morgan fingerprint density at radius 3 is 2.53 bits per heavy atom. The van der Waals surface area contributed by atoms with Gasteiger partial charge in [-0.25, -0.2) is 13.5 Å². The Morgan fingerprint density at radius 1 is 1.18 bits per heavy atom. The summed E-state index contributed by atoms with van der Waals surface area (Å²) in [6.07, 6.45) is 4.91. The number of pyridine rings is 1. The van der Waals surface area contributed by atoms with E-state index in [1.54, 1.807) is 0 Å². The van der Waals surface area contributed by atoms with Gasteiger partial charge in [0.25, 0.3) is 0 Å². The van der Waals surface area contributed by atoms with E-state index in [1.165, 1.54) is 18.3 Å². The lowest BCUT2D eigenvalue weighted by atomic mass is 10.2. The summed E-state index contributed by atoms with van der Waals surface area (Å²) in [4.78, 5) is 0.0545. The Morgan fingerprint density at radius 2 is 1.88 bits per heavy atom. The Hall–Kier alpha value is -1.14. The Labute approximate surface area is 101 Å². The minimum Gasteiger partial charge on any atom is -0.619 e. The van der Waals surface area contributed by atoms with Gasteiger partial charge in [0, 0.05) is 6.07 Å². The minimum absolute atomic E-state index is 0.0237. The van der Waals surface area contributed by atoms with Gasteiger partial charge in [-0.3, -0.25) is 0 Å². The average Bonchev–Trinajstić information content (AvgIpc) is 2.29. The summed E-state index contributed by atoms with van der Waals surface area (Å²) >= 11 is 0. The number of hydrogen-bond donors (Lipinski definition) is 0. The predicted molar refractivity (Wildman–Crippen MR) is 61.5 cm³/mol. The minimum atomic E-state index is -3.37. The summed E-state index contributed by atoms with van der Waals surface area (Å²) in [6, 6.07) is 2.83. The van der Waals surface area contributed by atoms with E-state index >= 15 is 0 Å². The van der Waals surface area contributed by atoms with Crippen molar-refractivity contribution in [3.8, 4) is 0 Å². The molecule has 0 bridgehead atoms. The van der Waals surface area contributed by atoms with Crippen LogP contribution in [0.1, 0.15) is 25.7 Å². The van der Waals surface area contributed by atoms with Crippen LogP contribution in [0.25, 0.3) is 0 Å². The van der Waals surface area contributed by atoms with Gasteiger partial charge < -0.3 is 5.21 Å². The zero-order valence-corrected chi connectivity index (χ0v) is 10.4. The molecule has 0 aliphatic heterocycles. The number of unbranched alkanes of at least 4 members (excludes halogenated alkanes) is 3. The highest BCUT2D eigenvalue weighted by Crippen LogP contribution is 2.11. The van der Waals surface area contributed by atoms with Crippen molar-refractivity contribution in [3.63, 3.8) is 0 Å². The number of aromatic nitrogens is 1. The van der Waals surface area contributed by atoms with Crippen LogP contribution in [-0.4, -0.2) is 20.8 Å². The van der Waals surface area contributed by atoms with Gasteiger partial charge in [0.2, 0.25) is 0 Å². The SMILES string of the molecule is [O]CCCCCCS(=O)(=O)c1ccc[n+]([O-])c1. The fourth-order valence-corrected chi connectivity index (χ4v) is 2.85. The van der Waals surface area contributed by atoms with Crippen molar-refractivity contribution in [2.75, 3.05) is 12.4 Å². The van der Waals surface area contributed by atoms with Gasteiger partial charge in [-0.2, -0.15) is 4.73 Å². The van der Waals surface area contributed by atoms with Crippen LogP contribution in [0, 0.1) is 5.21 Å². The summed E-state index contributed by atoms with van der Waals surface area (Å²) in [5.41, 5.74) is 0. The molecular weight excluding hydrogens is 242 g/mol. The van der Waals surface area contributed by atoms with E-state index in [9.17, 15) is 18.7 Å². The zero-order chi connectivity index (χ0) is 12.7. The molecule has 1 heterocycles. The largest absolute Gasteiger partial charge is 0.619 e. The van der Waals surface area contributed by atoms with Crippen molar-refractivity contribution in [1.82, 2.24) is 0 Å². The molecule has 5 nitrogen and oxygen atoms in total. The molecule has 0 atom stereocenters. The number of sulfone groups is 1. The molecule has 6 heteroatoms. The molecule has 0 saturated heterocycles. The van der Waals surface area contributed by atoms with Crippen molar-refractivity contribution in [2.45, 2.75) is 30.6 Å². The lowest BCUT2D eigenvalue weighted by Gasteiger charge is -2.03. The van der Waals surface area contributed by atoms with Gasteiger partial charge in [0.15, 0.2) is 22.2 Å². The van der Waals surface area contributed by atoms with Gasteiger partial charge in [-0.1, -0.05) is 12.8 Å². The van der Waals surface area contributed by atoms with Crippen molar-refractivity contribution in [2.24, 2.45) is 0 Å². The standard InChI is InChI=1S/C11H16NO4S/c13-8-3-1-2-4-9-17(15,16)11-6-5-7-12(14)10-11/h5-7,10H,1-4,8-9H2. The fourth-order valence-electron chi connectivity index (χ4n) is 1.48. The number of hydrogen-bond acceptors (Lipinski definition) is 3. The molecule has 1 aromatic rings. The lowest BCUT2D eigenvalue weighted by molar-refractivity contribution is -0.607. The Balaban J connectivity index is 2.51. The van der Waals surface area contributed by atoms with Gasteiger partial charge in [-0.15, -0.1) is 0 Å². The Bertz CT molecular complexity index is 445. The van der Waals surface area contributed by atoms with E-state index in [-0.39, 0.29) is 17.3 Å². The molecule has 1 aromatic heterocycles. The summed E-state index contributed by atoms with van der Waals surface area (Å²) in [5, 5.41) is 21.2. The first-order valence-corrected chi connectivity index (χ1v) is 7.21. The molecule has 0 fully saturated rings. The molecule has 0 saturated carbocycles. The topological polar surface area (TPSA) is 81.0 Å². The summed E-state index contributed by atoms with van der Waals surface area (Å²) in [7, 11) is -3.37. The van der Waals surface area contributed by atoms with E-state index in [0.717, 1.165) is 19.0 Å². The van der Waals surface area contributed by atoms with Crippen molar-refractivity contribution < 1.29 is 18.3 Å². The van der Waals surface area contributed by atoms with Crippen LogP contribution in [0.4, 0.5) is 0 Å². The first kappa shape index (κ1) is 13.9. The van der Waals surface area contributed by atoms with Crippen LogP contribution in [0.5, 0.6) is 0 Å². The van der Waals surface area contributed by atoms with E-state index in [4.69, 9.17) is 0 Å².